The molecule has 0 aliphatic carbocycles. The Morgan fingerprint density at radius 3 is 1.39 bits per heavy atom. The molecule has 1 heterocycles. The number of aromatic nitrogens is 2. The van der Waals surface area contributed by atoms with Gasteiger partial charge in [-0.15, -0.1) is 0 Å². The van der Waals surface area contributed by atoms with Crippen LogP contribution in [0.2, 0.25) is 0 Å². The van der Waals surface area contributed by atoms with E-state index in [1.165, 1.54) is 114 Å². The molecule has 0 N–H and O–H groups in total. The van der Waals surface area contributed by atoms with Gasteiger partial charge in [0.25, 0.3) is 0 Å². The first kappa shape index (κ1) is 25.6. The molecular weight excluding hydrogens is 376 g/mol. The summed E-state index contributed by atoms with van der Waals surface area (Å²) in [6.45, 7) is 4.56. The first-order chi connectivity index (χ1) is 15.3. The lowest BCUT2D eigenvalue weighted by Crippen LogP contribution is -1.94. The van der Waals surface area contributed by atoms with Crippen LogP contribution in [-0.2, 0) is 12.8 Å². The summed E-state index contributed by atoms with van der Waals surface area (Å²) < 4.78 is 0. The SMILES string of the molecule is CCCCCCCCCCc1ccc(-c2ncc(CCCCCCCCC)cn2)cc1. The molecule has 172 valence electrons. The number of aryl methyl sites for hydroxylation is 2. The van der Waals surface area contributed by atoms with Gasteiger partial charge in [0.1, 0.15) is 0 Å². The van der Waals surface area contributed by atoms with Gasteiger partial charge in [-0.05, 0) is 36.8 Å². The van der Waals surface area contributed by atoms with Gasteiger partial charge in [-0.2, -0.15) is 0 Å². The van der Waals surface area contributed by atoms with E-state index in [1.54, 1.807) is 0 Å². The van der Waals surface area contributed by atoms with Crippen molar-refractivity contribution in [1.82, 2.24) is 9.97 Å². The summed E-state index contributed by atoms with van der Waals surface area (Å²) in [6.07, 6.45) is 26.8. The zero-order chi connectivity index (χ0) is 22.0. The Labute approximate surface area is 192 Å². The third-order valence-corrected chi connectivity index (χ3v) is 6.31. The predicted molar refractivity (Wildman–Crippen MR) is 135 cm³/mol. The van der Waals surface area contributed by atoms with Gasteiger partial charge >= 0.3 is 0 Å². The molecule has 2 aromatic rings. The highest BCUT2D eigenvalue weighted by atomic mass is 14.9. The zero-order valence-electron chi connectivity index (χ0n) is 20.4. The number of hydrogen-bond acceptors (Lipinski definition) is 2. The molecule has 0 bridgehead atoms. The smallest absolute Gasteiger partial charge is 0.159 e. The van der Waals surface area contributed by atoms with E-state index in [-0.39, 0.29) is 0 Å². The minimum absolute atomic E-state index is 0.849. The quantitative estimate of drug-likeness (QED) is 0.224. The first-order valence-corrected chi connectivity index (χ1v) is 13.2. The molecule has 0 aliphatic heterocycles. The summed E-state index contributed by atoms with van der Waals surface area (Å²) in [5.74, 6) is 0.849. The third kappa shape index (κ3) is 11.5. The maximum Gasteiger partial charge on any atom is 0.159 e. The molecule has 1 aromatic heterocycles. The van der Waals surface area contributed by atoms with Crippen molar-refractivity contribution in [2.45, 2.75) is 123 Å². The van der Waals surface area contributed by atoms with Crippen molar-refractivity contribution in [3.8, 4) is 11.4 Å². The molecule has 0 unspecified atom stereocenters. The van der Waals surface area contributed by atoms with Crippen molar-refractivity contribution < 1.29 is 0 Å². The Kier molecular flexibility index (Phi) is 14.0. The van der Waals surface area contributed by atoms with Gasteiger partial charge in [-0.3, -0.25) is 0 Å². The Morgan fingerprint density at radius 2 is 0.903 bits per heavy atom. The van der Waals surface area contributed by atoms with E-state index < -0.39 is 0 Å². The molecule has 0 fully saturated rings. The molecule has 1 aromatic carbocycles. The fraction of sp³-hybridized carbons (Fsp3) is 0.655. The summed E-state index contributed by atoms with van der Waals surface area (Å²) >= 11 is 0. The summed E-state index contributed by atoms with van der Waals surface area (Å²) in [6, 6.07) is 8.88. The summed E-state index contributed by atoms with van der Waals surface area (Å²) in [5, 5.41) is 0. The third-order valence-electron chi connectivity index (χ3n) is 6.31. The van der Waals surface area contributed by atoms with Crippen LogP contribution in [0.4, 0.5) is 0 Å². The average Bonchev–Trinajstić information content (AvgIpc) is 2.81. The molecule has 0 spiro atoms. The molecule has 2 nitrogen and oxygen atoms in total. The average molecular weight is 423 g/mol. The summed E-state index contributed by atoms with van der Waals surface area (Å²) in [4.78, 5) is 9.25. The van der Waals surface area contributed by atoms with Crippen molar-refractivity contribution in [1.29, 1.82) is 0 Å². The molecule has 0 radical (unpaired) electrons. The molecular formula is C29H46N2. The van der Waals surface area contributed by atoms with Gasteiger partial charge in [0, 0.05) is 18.0 Å². The second-order valence-corrected chi connectivity index (χ2v) is 9.21. The number of unbranched alkanes of at least 4 members (excludes halogenated alkanes) is 13. The van der Waals surface area contributed by atoms with Gasteiger partial charge < -0.3 is 0 Å². The van der Waals surface area contributed by atoms with Gasteiger partial charge in [0.2, 0.25) is 0 Å². The van der Waals surface area contributed by atoms with Crippen molar-refractivity contribution in [3.05, 3.63) is 47.8 Å². The maximum atomic E-state index is 4.62. The van der Waals surface area contributed by atoms with Crippen LogP contribution >= 0.6 is 0 Å². The van der Waals surface area contributed by atoms with Crippen LogP contribution < -0.4 is 0 Å². The monoisotopic (exact) mass is 422 g/mol. The number of rotatable bonds is 18. The van der Waals surface area contributed by atoms with Crippen LogP contribution in [0, 0.1) is 0 Å². The second-order valence-electron chi connectivity index (χ2n) is 9.21. The highest BCUT2D eigenvalue weighted by molar-refractivity contribution is 5.55. The van der Waals surface area contributed by atoms with Crippen LogP contribution in [0.15, 0.2) is 36.7 Å². The van der Waals surface area contributed by atoms with Crippen LogP contribution in [-0.4, -0.2) is 9.97 Å². The molecule has 0 saturated heterocycles. The number of nitrogens with zero attached hydrogens (tertiary/aromatic N) is 2. The number of hydrogen-bond donors (Lipinski definition) is 0. The van der Waals surface area contributed by atoms with E-state index >= 15 is 0 Å². The largest absolute Gasteiger partial charge is 0.236 e. The van der Waals surface area contributed by atoms with Crippen molar-refractivity contribution in [3.63, 3.8) is 0 Å². The molecule has 2 rings (SSSR count). The first-order valence-electron chi connectivity index (χ1n) is 13.2. The minimum Gasteiger partial charge on any atom is -0.236 e. The van der Waals surface area contributed by atoms with Crippen molar-refractivity contribution >= 4 is 0 Å². The van der Waals surface area contributed by atoms with E-state index in [4.69, 9.17) is 0 Å². The minimum atomic E-state index is 0.849. The lowest BCUT2D eigenvalue weighted by atomic mass is 10.0. The highest BCUT2D eigenvalue weighted by Crippen LogP contribution is 2.18. The van der Waals surface area contributed by atoms with Gasteiger partial charge in [0.15, 0.2) is 5.82 Å². The number of benzene rings is 1. The standard InChI is InChI=1S/C29H46N2/c1-3-5-7-9-11-13-14-16-18-26-20-22-28(23-21-26)29-30-24-27(25-31-29)19-17-15-12-10-8-6-4-2/h20-25H,3-19H2,1-2H3. The predicted octanol–water partition coefficient (Wildman–Crippen LogP) is 9.12. The lowest BCUT2D eigenvalue weighted by Gasteiger charge is -2.06. The summed E-state index contributed by atoms with van der Waals surface area (Å²) in [7, 11) is 0. The Morgan fingerprint density at radius 1 is 0.484 bits per heavy atom. The van der Waals surface area contributed by atoms with E-state index in [9.17, 15) is 0 Å². The lowest BCUT2D eigenvalue weighted by molar-refractivity contribution is 0.575. The van der Waals surface area contributed by atoms with E-state index in [1.807, 2.05) is 12.4 Å². The summed E-state index contributed by atoms with van der Waals surface area (Å²) in [5.41, 5.74) is 3.83. The molecule has 0 atom stereocenters. The Hall–Kier alpha value is -1.70. The maximum absolute atomic E-state index is 4.62. The van der Waals surface area contributed by atoms with Crippen molar-refractivity contribution in [2.24, 2.45) is 0 Å². The molecule has 0 amide bonds. The topological polar surface area (TPSA) is 25.8 Å². The van der Waals surface area contributed by atoms with Crippen LogP contribution in [0.5, 0.6) is 0 Å². The normalized spacial score (nSPS) is 11.2. The van der Waals surface area contributed by atoms with Crippen molar-refractivity contribution in [2.75, 3.05) is 0 Å². The molecule has 0 aliphatic rings. The fourth-order valence-electron chi connectivity index (χ4n) is 4.20. The van der Waals surface area contributed by atoms with E-state index in [0.29, 0.717) is 0 Å². The highest BCUT2D eigenvalue weighted by Gasteiger charge is 2.03. The van der Waals surface area contributed by atoms with E-state index in [2.05, 4.69) is 48.1 Å². The Bertz CT molecular complexity index is 660. The second kappa shape index (κ2) is 16.9. The molecule has 2 heteroatoms. The zero-order valence-corrected chi connectivity index (χ0v) is 20.4. The molecule has 0 saturated carbocycles. The van der Waals surface area contributed by atoms with Crippen LogP contribution in [0.25, 0.3) is 11.4 Å². The Balaban J connectivity index is 1.63. The fourth-order valence-corrected chi connectivity index (χ4v) is 4.20. The van der Waals surface area contributed by atoms with Crippen LogP contribution in [0.1, 0.15) is 121 Å². The van der Waals surface area contributed by atoms with Gasteiger partial charge in [-0.1, -0.05) is 122 Å². The van der Waals surface area contributed by atoms with Gasteiger partial charge in [0.05, 0.1) is 0 Å². The van der Waals surface area contributed by atoms with Gasteiger partial charge in [-0.25, -0.2) is 9.97 Å². The van der Waals surface area contributed by atoms with Crippen LogP contribution in [0.3, 0.4) is 0 Å². The van der Waals surface area contributed by atoms with E-state index in [0.717, 1.165) is 17.8 Å². The molecule has 31 heavy (non-hydrogen) atoms.